The van der Waals surface area contributed by atoms with E-state index in [0.717, 1.165) is 38.5 Å². The van der Waals surface area contributed by atoms with Crippen molar-refractivity contribution in [3.8, 4) is 0 Å². The largest absolute Gasteiger partial charge is 0.481 e. The maximum absolute atomic E-state index is 11.4. The van der Waals surface area contributed by atoms with Gasteiger partial charge in [0.15, 0.2) is 0 Å². The molecule has 3 aliphatic rings. The molecule has 0 aromatic carbocycles. The molecule has 3 N–H and O–H groups in total. The molecule has 2 bridgehead atoms. The molecule has 3 fully saturated rings. The number of rotatable bonds is 2. The highest BCUT2D eigenvalue weighted by molar-refractivity contribution is 5.85. The smallest absolute Gasteiger partial charge is 0.309 e. The van der Waals surface area contributed by atoms with Gasteiger partial charge in [-0.1, -0.05) is 13.3 Å². The summed E-state index contributed by atoms with van der Waals surface area (Å²) in [6.07, 6.45) is 5.24. The zero-order chi connectivity index (χ0) is 10.4. The predicted molar refractivity (Wildman–Crippen MR) is 61.1 cm³/mol. The third kappa shape index (κ3) is 1.76. The van der Waals surface area contributed by atoms with Crippen LogP contribution in [0.15, 0.2) is 0 Å². The maximum atomic E-state index is 11.4. The summed E-state index contributed by atoms with van der Waals surface area (Å²) >= 11 is 0. The number of carboxylic acids is 1. The predicted octanol–water partition coefficient (Wildman–Crippen LogP) is 2.18. The second kappa shape index (κ2) is 3.95. The Hall–Kier alpha value is -0.280. The molecular weight excluding hydrogens is 214 g/mol. The van der Waals surface area contributed by atoms with Crippen LogP contribution in [-0.2, 0) is 4.79 Å². The Kier molecular flexibility index (Phi) is 3.36. The molecule has 15 heavy (non-hydrogen) atoms. The molecule has 1 unspecified atom stereocenters. The van der Waals surface area contributed by atoms with Gasteiger partial charge in [-0.25, -0.2) is 0 Å². The zero-order valence-electron chi connectivity index (χ0n) is 9.16. The SMILES string of the molecule is CCC1CC2(N)CCC1(C(=O)O)CC2.Cl. The van der Waals surface area contributed by atoms with Gasteiger partial charge < -0.3 is 10.8 Å². The van der Waals surface area contributed by atoms with Crippen molar-refractivity contribution in [1.29, 1.82) is 0 Å². The van der Waals surface area contributed by atoms with Gasteiger partial charge in [-0.2, -0.15) is 0 Å². The molecule has 3 aliphatic carbocycles. The van der Waals surface area contributed by atoms with Gasteiger partial charge in [-0.05, 0) is 38.0 Å². The van der Waals surface area contributed by atoms with Crippen LogP contribution < -0.4 is 5.73 Å². The number of halogens is 1. The van der Waals surface area contributed by atoms with Crippen molar-refractivity contribution in [2.45, 2.75) is 51.0 Å². The maximum Gasteiger partial charge on any atom is 0.309 e. The van der Waals surface area contributed by atoms with E-state index in [0.29, 0.717) is 5.92 Å². The molecule has 1 atom stereocenters. The normalized spacial score (nSPS) is 43.5. The zero-order valence-corrected chi connectivity index (χ0v) is 9.98. The first-order valence-electron chi connectivity index (χ1n) is 5.55. The van der Waals surface area contributed by atoms with Crippen LogP contribution in [0.1, 0.15) is 45.4 Å². The number of nitrogens with two attached hydrogens (primary N) is 1. The van der Waals surface area contributed by atoms with Crippen molar-refractivity contribution in [2.24, 2.45) is 17.1 Å². The van der Waals surface area contributed by atoms with E-state index in [1.165, 1.54) is 0 Å². The van der Waals surface area contributed by atoms with Gasteiger partial charge in [0.2, 0.25) is 0 Å². The van der Waals surface area contributed by atoms with Crippen molar-refractivity contribution in [2.75, 3.05) is 0 Å². The van der Waals surface area contributed by atoms with Crippen LogP contribution >= 0.6 is 12.4 Å². The lowest BCUT2D eigenvalue weighted by molar-refractivity contribution is -0.163. The summed E-state index contributed by atoms with van der Waals surface area (Å²) in [7, 11) is 0. The summed E-state index contributed by atoms with van der Waals surface area (Å²) in [5, 5.41) is 9.36. The van der Waals surface area contributed by atoms with E-state index in [1.807, 2.05) is 0 Å². The van der Waals surface area contributed by atoms with Gasteiger partial charge in [0.25, 0.3) is 0 Å². The van der Waals surface area contributed by atoms with Gasteiger partial charge in [0.05, 0.1) is 5.41 Å². The van der Waals surface area contributed by atoms with Crippen LogP contribution in [0.2, 0.25) is 0 Å². The minimum atomic E-state index is -0.592. The van der Waals surface area contributed by atoms with E-state index in [9.17, 15) is 9.90 Å². The lowest BCUT2D eigenvalue weighted by Gasteiger charge is -2.54. The molecule has 0 aromatic rings. The molecule has 88 valence electrons. The van der Waals surface area contributed by atoms with E-state index in [2.05, 4.69) is 6.92 Å². The number of hydrogen-bond acceptors (Lipinski definition) is 2. The van der Waals surface area contributed by atoms with Crippen LogP contribution in [0.25, 0.3) is 0 Å². The third-order valence-corrected chi connectivity index (χ3v) is 4.49. The van der Waals surface area contributed by atoms with E-state index < -0.39 is 11.4 Å². The molecule has 0 saturated heterocycles. The van der Waals surface area contributed by atoms with Gasteiger partial charge in [-0.3, -0.25) is 4.79 Å². The summed E-state index contributed by atoms with van der Waals surface area (Å²) in [5.74, 6) is -0.293. The minimum Gasteiger partial charge on any atom is -0.481 e. The molecule has 0 spiro atoms. The second-order valence-corrected chi connectivity index (χ2v) is 5.13. The van der Waals surface area contributed by atoms with E-state index in [-0.39, 0.29) is 17.9 Å². The lowest BCUT2D eigenvalue weighted by Crippen LogP contribution is -2.58. The Morgan fingerprint density at radius 2 is 1.93 bits per heavy atom. The van der Waals surface area contributed by atoms with E-state index in [1.54, 1.807) is 0 Å². The van der Waals surface area contributed by atoms with Gasteiger partial charge in [0.1, 0.15) is 0 Å². The van der Waals surface area contributed by atoms with Crippen molar-refractivity contribution in [1.82, 2.24) is 0 Å². The van der Waals surface area contributed by atoms with Crippen molar-refractivity contribution >= 4 is 18.4 Å². The Labute approximate surface area is 96.8 Å². The van der Waals surface area contributed by atoms with Crippen LogP contribution in [-0.4, -0.2) is 16.6 Å². The van der Waals surface area contributed by atoms with Gasteiger partial charge >= 0.3 is 5.97 Å². The molecule has 0 heterocycles. The van der Waals surface area contributed by atoms with E-state index >= 15 is 0 Å². The van der Waals surface area contributed by atoms with Crippen molar-refractivity contribution in [3.63, 3.8) is 0 Å². The Balaban J connectivity index is 0.00000112. The molecule has 3 rings (SSSR count). The lowest BCUT2D eigenvalue weighted by atomic mass is 9.52. The monoisotopic (exact) mass is 233 g/mol. The van der Waals surface area contributed by atoms with Crippen molar-refractivity contribution < 1.29 is 9.90 Å². The number of aliphatic carboxylic acids is 1. The van der Waals surface area contributed by atoms with Crippen molar-refractivity contribution in [3.05, 3.63) is 0 Å². The summed E-state index contributed by atoms with van der Waals surface area (Å²) < 4.78 is 0. The summed E-state index contributed by atoms with van der Waals surface area (Å²) in [5.41, 5.74) is 5.75. The minimum absolute atomic E-state index is 0. The van der Waals surface area contributed by atoms with Gasteiger partial charge in [0, 0.05) is 5.54 Å². The van der Waals surface area contributed by atoms with E-state index in [4.69, 9.17) is 5.73 Å². The van der Waals surface area contributed by atoms with Crippen LogP contribution in [0.4, 0.5) is 0 Å². The number of carboxylic acid groups (broad SMARTS) is 1. The average Bonchev–Trinajstić information content (AvgIpc) is 2.17. The molecule has 3 nitrogen and oxygen atoms in total. The standard InChI is InChI=1S/C11H19NO2.ClH/c1-2-8-7-10(12)3-5-11(8,6-4-10)9(13)14;/h8H,2-7,12H2,1H3,(H,13,14);1H. The number of fused-ring (bicyclic) bond motifs is 3. The first-order chi connectivity index (χ1) is 6.52. The summed E-state index contributed by atoms with van der Waals surface area (Å²) in [4.78, 5) is 11.4. The molecule has 0 aliphatic heterocycles. The highest BCUT2D eigenvalue weighted by Crippen LogP contribution is 2.55. The Morgan fingerprint density at radius 1 is 1.40 bits per heavy atom. The molecule has 3 saturated carbocycles. The third-order valence-electron chi connectivity index (χ3n) is 4.49. The fourth-order valence-electron chi connectivity index (χ4n) is 3.42. The highest BCUT2D eigenvalue weighted by atomic mass is 35.5. The van der Waals surface area contributed by atoms with Crippen LogP contribution in [0, 0.1) is 11.3 Å². The topological polar surface area (TPSA) is 63.3 Å². The van der Waals surface area contributed by atoms with Gasteiger partial charge in [-0.15, -0.1) is 12.4 Å². The Bertz CT molecular complexity index is 259. The first-order valence-corrected chi connectivity index (χ1v) is 5.55. The molecule has 4 heteroatoms. The quantitative estimate of drug-likeness (QED) is 0.769. The highest BCUT2D eigenvalue weighted by Gasteiger charge is 2.56. The molecular formula is C11H20ClNO2. The second-order valence-electron chi connectivity index (χ2n) is 5.13. The number of carbonyl (C=O) groups is 1. The summed E-state index contributed by atoms with van der Waals surface area (Å²) in [6, 6.07) is 0. The summed E-state index contributed by atoms with van der Waals surface area (Å²) in [6.45, 7) is 2.08. The molecule has 0 amide bonds. The Morgan fingerprint density at radius 3 is 2.33 bits per heavy atom. The average molecular weight is 234 g/mol. The fraction of sp³-hybridized carbons (Fsp3) is 0.909. The molecule has 0 radical (unpaired) electrons. The van der Waals surface area contributed by atoms with Crippen LogP contribution in [0.3, 0.4) is 0 Å². The number of hydrogen-bond donors (Lipinski definition) is 2. The first kappa shape index (κ1) is 12.8. The molecule has 0 aromatic heterocycles. The van der Waals surface area contributed by atoms with Crippen LogP contribution in [0.5, 0.6) is 0 Å². The fourth-order valence-corrected chi connectivity index (χ4v) is 3.42.